The molecule has 0 aromatic rings. The van der Waals surface area contributed by atoms with E-state index < -0.39 is 9.84 Å². The monoisotopic (exact) mass is 292 g/mol. The van der Waals surface area contributed by atoms with Gasteiger partial charge in [-0.15, -0.1) is 0 Å². The maximum atomic E-state index is 11.6. The van der Waals surface area contributed by atoms with Gasteiger partial charge >= 0.3 is 0 Å². The molecule has 0 radical (unpaired) electrons. The van der Waals surface area contributed by atoms with Gasteiger partial charge in [0.25, 0.3) is 0 Å². The Kier molecular flexibility index (Phi) is 7.59. The van der Waals surface area contributed by atoms with Crippen LogP contribution in [-0.2, 0) is 14.6 Å². The number of hydrogen-bond donors (Lipinski definition) is 2. The molecule has 1 unspecified atom stereocenters. The lowest BCUT2D eigenvalue weighted by Gasteiger charge is -2.30. The molecule has 0 rings (SSSR count). The first-order valence-electron chi connectivity index (χ1n) is 6.70. The molecule has 1 amide bonds. The summed E-state index contributed by atoms with van der Waals surface area (Å²) >= 11 is 0. The highest BCUT2D eigenvalue weighted by atomic mass is 32.2. The van der Waals surface area contributed by atoms with Crippen molar-refractivity contribution in [2.24, 2.45) is 17.1 Å². The molecule has 6 heteroatoms. The van der Waals surface area contributed by atoms with Crippen molar-refractivity contribution in [2.45, 2.75) is 40.0 Å². The van der Waals surface area contributed by atoms with Gasteiger partial charge in [-0.05, 0) is 30.7 Å². The number of nitrogens with two attached hydrogens (primary N) is 1. The number of carbonyl (C=O) groups is 1. The molecular weight excluding hydrogens is 264 g/mol. The van der Waals surface area contributed by atoms with Crippen molar-refractivity contribution in [3.05, 3.63) is 0 Å². The van der Waals surface area contributed by atoms with Crippen LogP contribution in [0.2, 0.25) is 0 Å². The first kappa shape index (κ1) is 18.4. The topological polar surface area (TPSA) is 89.3 Å². The maximum absolute atomic E-state index is 11.6. The molecule has 0 spiro atoms. The summed E-state index contributed by atoms with van der Waals surface area (Å²) in [6.07, 6.45) is 3.27. The second kappa shape index (κ2) is 7.85. The Morgan fingerprint density at radius 3 is 2.26 bits per heavy atom. The second-order valence-electron chi connectivity index (χ2n) is 6.16. The molecule has 0 saturated heterocycles. The van der Waals surface area contributed by atoms with Gasteiger partial charge in [0.15, 0.2) is 0 Å². The molecule has 0 fully saturated rings. The molecule has 0 bridgehead atoms. The van der Waals surface area contributed by atoms with Crippen LogP contribution in [0.5, 0.6) is 0 Å². The predicted octanol–water partition coefficient (Wildman–Crippen LogP) is 0.939. The second-order valence-corrected chi connectivity index (χ2v) is 8.42. The van der Waals surface area contributed by atoms with Crippen molar-refractivity contribution in [1.29, 1.82) is 0 Å². The highest BCUT2D eigenvalue weighted by Crippen LogP contribution is 2.31. The van der Waals surface area contributed by atoms with Gasteiger partial charge in [-0.3, -0.25) is 4.79 Å². The van der Waals surface area contributed by atoms with E-state index in [-0.39, 0.29) is 23.6 Å². The molecule has 114 valence electrons. The van der Waals surface area contributed by atoms with E-state index in [0.29, 0.717) is 18.9 Å². The summed E-state index contributed by atoms with van der Waals surface area (Å²) in [6.45, 7) is 7.25. The van der Waals surface area contributed by atoms with Crippen LogP contribution in [0.15, 0.2) is 0 Å². The fraction of sp³-hybridized carbons (Fsp3) is 0.923. The number of sulfone groups is 1. The molecular formula is C13H28N2O3S. The lowest BCUT2D eigenvalue weighted by atomic mass is 9.76. The lowest BCUT2D eigenvalue weighted by Crippen LogP contribution is -2.30. The van der Waals surface area contributed by atoms with E-state index in [1.165, 1.54) is 0 Å². The van der Waals surface area contributed by atoms with E-state index >= 15 is 0 Å². The summed E-state index contributed by atoms with van der Waals surface area (Å²) in [4.78, 5) is 11.6. The third kappa shape index (κ3) is 9.90. The Balaban J connectivity index is 4.06. The molecule has 19 heavy (non-hydrogen) atoms. The van der Waals surface area contributed by atoms with Crippen LogP contribution >= 0.6 is 0 Å². The summed E-state index contributed by atoms with van der Waals surface area (Å²) in [5.74, 6) is 0.303. The molecule has 3 N–H and O–H groups in total. The van der Waals surface area contributed by atoms with E-state index in [4.69, 9.17) is 5.73 Å². The Labute approximate surface area is 117 Å². The third-order valence-corrected chi connectivity index (χ3v) is 4.20. The number of hydrogen-bond acceptors (Lipinski definition) is 4. The number of carbonyl (C=O) groups excluding carboxylic acids is 1. The molecule has 0 aliphatic heterocycles. The molecule has 0 aromatic carbocycles. The average Bonchev–Trinajstić information content (AvgIpc) is 2.20. The lowest BCUT2D eigenvalue weighted by molar-refractivity contribution is -0.121. The first-order chi connectivity index (χ1) is 8.56. The number of amides is 1. The fourth-order valence-corrected chi connectivity index (χ4v) is 2.45. The van der Waals surface area contributed by atoms with Crippen molar-refractivity contribution >= 4 is 15.7 Å². The van der Waals surface area contributed by atoms with Crippen LogP contribution in [-0.4, -0.2) is 39.4 Å². The van der Waals surface area contributed by atoms with E-state index in [2.05, 4.69) is 26.1 Å². The highest BCUT2D eigenvalue weighted by molar-refractivity contribution is 7.90. The minimum atomic E-state index is -3.01. The van der Waals surface area contributed by atoms with E-state index in [9.17, 15) is 13.2 Å². The van der Waals surface area contributed by atoms with Crippen LogP contribution in [0.1, 0.15) is 40.0 Å². The minimum Gasteiger partial charge on any atom is -0.355 e. The van der Waals surface area contributed by atoms with Gasteiger partial charge in [-0.1, -0.05) is 20.8 Å². The summed E-state index contributed by atoms with van der Waals surface area (Å²) < 4.78 is 21.9. The number of nitrogens with one attached hydrogen (secondary N) is 1. The molecule has 0 aromatic heterocycles. The Morgan fingerprint density at radius 1 is 1.26 bits per heavy atom. The van der Waals surface area contributed by atoms with Gasteiger partial charge in [0.2, 0.25) is 5.91 Å². The average molecular weight is 292 g/mol. The van der Waals surface area contributed by atoms with Crippen LogP contribution in [0.4, 0.5) is 0 Å². The summed E-state index contributed by atoms with van der Waals surface area (Å²) in [6, 6.07) is 0. The fourth-order valence-electron chi connectivity index (χ4n) is 1.98. The largest absolute Gasteiger partial charge is 0.355 e. The van der Waals surface area contributed by atoms with Crippen molar-refractivity contribution in [1.82, 2.24) is 5.32 Å². The van der Waals surface area contributed by atoms with Crippen molar-refractivity contribution in [2.75, 3.05) is 25.1 Å². The zero-order valence-corrected chi connectivity index (χ0v) is 13.3. The van der Waals surface area contributed by atoms with E-state index in [0.717, 1.165) is 19.1 Å². The zero-order chi connectivity index (χ0) is 15.1. The standard InChI is InChI=1S/C13H28N2O3S/c1-13(2,3)11(7-8-14)5-6-12(16)15-9-10-19(4,17)18/h11H,5-10,14H2,1-4H3,(H,15,16). The van der Waals surface area contributed by atoms with Gasteiger partial charge in [0.05, 0.1) is 5.75 Å². The smallest absolute Gasteiger partial charge is 0.220 e. The van der Waals surface area contributed by atoms with Crippen LogP contribution in [0, 0.1) is 11.3 Å². The quantitative estimate of drug-likeness (QED) is 0.696. The predicted molar refractivity (Wildman–Crippen MR) is 78.6 cm³/mol. The number of rotatable bonds is 8. The first-order valence-corrected chi connectivity index (χ1v) is 8.77. The summed E-state index contributed by atoms with van der Waals surface area (Å²) in [5.41, 5.74) is 5.72. The Hall–Kier alpha value is -0.620. The van der Waals surface area contributed by atoms with Crippen LogP contribution in [0.3, 0.4) is 0 Å². The van der Waals surface area contributed by atoms with Gasteiger partial charge in [0.1, 0.15) is 9.84 Å². The highest BCUT2D eigenvalue weighted by Gasteiger charge is 2.24. The third-order valence-electron chi connectivity index (χ3n) is 3.25. The Bertz CT molecular complexity index is 372. The van der Waals surface area contributed by atoms with E-state index in [1.807, 2.05) is 0 Å². The summed E-state index contributed by atoms with van der Waals surface area (Å²) in [5, 5.41) is 2.64. The van der Waals surface area contributed by atoms with Gasteiger partial charge < -0.3 is 11.1 Å². The van der Waals surface area contributed by atoms with Crippen molar-refractivity contribution in [3.8, 4) is 0 Å². The summed E-state index contributed by atoms with van der Waals surface area (Å²) in [7, 11) is -3.01. The van der Waals surface area contributed by atoms with E-state index in [1.54, 1.807) is 0 Å². The van der Waals surface area contributed by atoms with Crippen molar-refractivity contribution < 1.29 is 13.2 Å². The van der Waals surface area contributed by atoms with Gasteiger partial charge in [0, 0.05) is 19.2 Å². The van der Waals surface area contributed by atoms with Crippen LogP contribution < -0.4 is 11.1 Å². The van der Waals surface area contributed by atoms with Gasteiger partial charge in [-0.25, -0.2) is 8.42 Å². The molecule has 0 heterocycles. The normalized spacial score (nSPS) is 14.2. The SMILES string of the molecule is CC(C)(C)C(CCN)CCC(=O)NCCS(C)(=O)=O. The van der Waals surface area contributed by atoms with Crippen molar-refractivity contribution in [3.63, 3.8) is 0 Å². The van der Waals surface area contributed by atoms with Gasteiger partial charge in [-0.2, -0.15) is 0 Å². The molecule has 0 aliphatic rings. The van der Waals surface area contributed by atoms with Crippen LogP contribution in [0.25, 0.3) is 0 Å². The molecule has 0 saturated carbocycles. The molecule has 1 atom stereocenters. The maximum Gasteiger partial charge on any atom is 0.220 e. The zero-order valence-electron chi connectivity index (χ0n) is 12.5. The Morgan fingerprint density at radius 2 is 1.84 bits per heavy atom. The molecule has 0 aliphatic carbocycles. The minimum absolute atomic E-state index is 0.00968. The molecule has 5 nitrogen and oxygen atoms in total.